The number of carboxylic acids is 1. The maximum Gasteiger partial charge on any atom is 0.336 e. The lowest BCUT2D eigenvalue weighted by atomic mass is 10.1. The van der Waals surface area contributed by atoms with Gasteiger partial charge in [0.2, 0.25) is 0 Å². The van der Waals surface area contributed by atoms with Gasteiger partial charge in [0.25, 0.3) is 0 Å². The second-order valence-electron chi connectivity index (χ2n) is 2.92. The molecule has 13 heavy (non-hydrogen) atoms. The molecule has 0 radical (unpaired) electrons. The first kappa shape index (κ1) is 7.98. The molecule has 0 aliphatic carbocycles. The molecule has 0 bridgehead atoms. The van der Waals surface area contributed by atoms with Crippen molar-refractivity contribution >= 4 is 12.0 Å². The summed E-state index contributed by atoms with van der Waals surface area (Å²) in [5, 5.41) is 10.4. The molecule has 3 heteroatoms. The molecule has 1 aromatic carbocycles. The van der Waals surface area contributed by atoms with E-state index in [0.29, 0.717) is 5.56 Å². The van der Waals surface area contributed by atoms with Crippen LogP contribution in [0.15, 0.2) is 23.2 Å². The van der Waals surface area contributed by atoms with E-state index < -0.39 is 5.97 Å². The Morgan fingerprint density at radius 2 is 2.31 bits per heavy atom. The number of hydrogen-bond acceptors (Lipinski definition) is 2. The van der Waals surface area contributed by atoms with Crippen LogP contribution in [0.25, 0.3) is 6.08 Å². The Hall–Kier alpha value is -1.64. The molecule has 0 saturated heterocycles. The van der Waals surface area contributed by atoms with Crippen LogP contribution in [0.5, 0.6) is 0 Å². The molecule has 3 nitrogen and oxygen atoms in total. The highest BCUT2D eigenvalue weighted by molar-refractivity contribution is 5.88. The Balaban J connectivity index is 2.81. The lowest BCUT2D eigenvalue weighted by Crippen LogP contribution is -2.33. The third-order valence-corrected chi connectivity index (χ3v) is 2.07. The van der Waals surface area contributed by atoms with Gasteiger partial charge in [0.15, 0.2) is 0 Å². The van der Waals surface area contributed by atoms with Gasteiger partial charge >= 0.3 is 5.97 Å². The molecule has 1 N–H and O–H groups in total. The summed E-state index contributed by atoms with van der Waals surface area (Å²) in [5.41, 5.74) is 0.348. The number of hydrogen-bond donors (Lipinski definition) is 1. The van der Waals surface area contributed by atoms with Gasteiger partial charge in [-0.25, -0.2) is 4.79 Å². The fourth-order valence-electron chi connectivity index (χ4n) is 1.49. The van der Waals surface area contributed by atoms with E-state index in [-0.39, 0.29) is 0 Å². The summed E-state index contributed by atoms with van der Waals surface area (Å²) in [7, 11) is 0. The second kappa shape index (κ2) is 3.01. The van der Waals surface area contributed by atoms with E-state index in [1.54, 1.807) is 12.1 Å². The van der Waals surface area contributed by atoms with Gasteiger partial charge in [-0.2, -0.15) is 0 Å². The molecule has 1 aliphatic heterocycles. The highest BCUT2D eigenvalue weighted by Gasteiger charge is 2.06. The number of nitrogens with zero attached hydrogens (tertiary/aromatic N) is 1. The predicted molar refractivity (Wildman–Crippen MR) is 48.1 cm³/mol. The minimum atomic E-state index is -0.884. The van der Waals surface area contributed by atoms with E-state index >= 15 is 0 Å². The lowest BCUT2D eigenvalue weighted by Gasteiger charge is -2.01. The number of benzene rings is 1. The third-order valence-electron chi connectivity index (χ3n) is 2.07. The van der Waals surface area contributed by atoms with Gasteiger partial charge in [0.05, 0.1) is 10.9 Å². The number of fused-ring (bicyclic) bond motifs is 1. The van der Waals surface area contributed by atoms with Crippen LogP contribution in [-0.4, -0.2) is 17.6 Å². The highest BCUT2D eigenvalue weighted by Crippen LogP contribution is 1.93. The summed E-state index contributed by atoms with van der Waals surface area (Å²) in [6, 6.07) is 5.18. The Labute approximate surface area is 75.0 Å². The van der Waals surface area contributed by atoms with Crippen molar-refractivity contribution in [3.8, 4) is 0 Å². The van der Waals surface area contributed by atoms with Gasteiger partial charge < -0.3 is 5.11 Å². The molecule has 0 atom stereocenters. The number of aromatic carboxylic acids is 1. The molecule has 0 saturated carbocycles. The Morgan fingerprint density at radius 1 is 1.46 bits per heavy atom. The largest absolute Gasteiger partial charge is 0.478 e. The smallest absolute Gasteiger partial charge is 0.336 e. The zero-order valence-corrected chi connectivity index (χ0v) is 7.03. The van der Waals surface area contributed by atoms with Gasteiger partial charge in [-0.05, 0) is 18.6 Å². The zero-order valence-electron chi connectivity index (χ0n) is 7.03. The van der Waals surface area contributed by atoms with E-state index in [1.807, 2.05) is 12.1 Å². The quantitative estimate of drug-likeness (QED) is 0.662. The first-order valence-electron chi connectivity index (χ1n) is 4.16. The van der Waals surface area contributed by atoms with Crippen molar-refractivity contribution in [3.05, 3.63) is 34.3 Å². The Morgan fingerprint density at radius 3 is 3.08 bits per heavy atom. The Bertz CT molecular complexity index is 462. The molecule has 2 rings (SSSR count). The number of carboxylic acid groups (broad SMARTS) is 1. The molecule has 1 aromatic rings. The zero-order chi connectivity index (χ0) is 9.26. The number of carbonyl (C=O) groups is 1. The van der Waals surface area contributed by atoms with Crippen LogP contribution in [0.2, 0.25) is 0 Å². The van der Waals surface area contributed by atoms with Crippen LogP contribution >= 0.6 is 0 Å². The summed E-state index contributed by atoms with van der Waals surface area (Å²) < 4.78 is 0. The fourth-order valence-corrected chi connectivity index (χ4v) is 1.49. The van der Waals surface area contributed by atoms with E-state index in [4.69, 9.17) is 5.11 Å². The SMILES string of the molecule is O=C(O)c1cccc2c1=CCCN=2. The van der Waals surface area contributed by atoms with E-state index in [2.05, 4.69) is 4.99 Å². The topological polar surface area (TPSA) is 49.7 Å². The maximum atomic E-state index is 10.8. The summed E-state index contributed by atoms with van der Waals surface area (Å²) in [6.45, 7) is 0.760. The standard InChI is InChI=1S/C10H9NO2/c12-10(13)8-3-1-5-9-7(8)4-2-6-11-9/h1,3-5H,2,6H2,(H,12,13). The van der Waals surface area contributed by atoms with Crippen molar-refractivity contribution in [1.29, 1.82) is 0 Å². The average Bonchev–Trinajstić information content (AvgIpc) is 2.17. The van der Waals surface area contributed by atoms with Crippen molar-refractivity contribution in [2.24, 2.45) is 4.99 Å². The molecule has 1 heterocycles. The lowest BCUT2D eigenvalue weighted by molar-refractivity contribution is 0.0695. The monoisotopic (exact) mass is 175 g/mol. The van der Waals surface area contributed by atoms with E-state index in [0.717, 1.165) is 23.5 Å². The molecule has 0 amide bonds. The van der Waals surface area contributed by atoms with Crippen molar-refractivity contribution < 1.29 is 9.90 Å². The molecule has 0 unspecified atom stereocenters. The summed E-state index contributed by atoms with van der Waals surface area (Å²) in [4.78, 5) is 15.1. The van der Waals surface area contributed by atoms with Crippen LogP contribution in [0, 0.1) is 0 Å². The molecule has 0 spiro atoms. The van der Waals surface area contributed by atoms with Gasteiger partial charge in [0, 0.05) is 11.8 Å². The van der Waals surface area contributed by atoms with Crippen molar-refractivity contribution in [2.75, 3.05) is 6.54 Å². The van der Waals surface area contributed by atoms with Crippen LogP contribution in [0.1, 0.15) is 16.8 Å². The fraction of sp³-hybridized carbons (Fsp3) is 0.200. The summed E-state index contributed by atoms with van der Waals surface area (Å²) >= 11 is 0. The molecule has 1 aliphatic rings. The van der Waals surface area contributed by atoms with Crippen molar-refractivity contribution in [3.63, 3.8) is 0 Å². The van der Waals surface area contributed by atoms with Crippen LogP contribution in [0.4, 0.5) is 0 Å². The molecular weight excluding hydrogens is 166 g/mol. The first-order chi connectivity index (χ1) is 6.29. The number of rotatable bonds is 1. The normalized spacial score (nSPS) is 13.8. The molecular formula is C10H9NO2. The molecule has 0 aromatic heterocycles. The van der Waals surface area contributed by atoms with Crippen LogP contribution < -0.4 is 10.6 Å². The van der Waals surface area contributed by atoms with Crippen LogP contribution in [0.3, 0.4) is 0 Å². The summed E-state index contributed by atoms with van der Waals surface area (Å²) in [5.74, 6) is -0.884. The minimum absolute atomic E-state index is 0.348. The van der Waals surface area contributed by atoms with Crippen molar-refractivity contribution in [1.82, 2.24) is 0 Å². The van der Waals surface area contributed by atoms with Crippen LogP contribution in [-0.2, 0) is 0 Å². The van der Waals surface area contributed by atoms with Gasteiger partial charge in [-0.1, -0.05) is 12.1 Å². The Kier molecular flexibility index (Phi) is 1.85. The van der Waals surface area contributed by atoms with Gasteiger partial charge in [-0.15, -0.1) is 0 Å². The van der Waals surface area contributed by atoms with E-state index in [9.17, 15) is 4.79 Å². The first-order valence-corrected chi connectivity index (χ1v) is 4.16. The molecule has 0 fully saturated rings. The average molecular weight is 175 g/mol. The second-order valence-corrected chi connectivity index (χ2v) is 2.92. The van der Waals surface area contributed by atoms with Gasteiger partial charge in [-0.3, -0.25) is 4.99 Å². The maximum absolute atomic E-state index is 10.8. The van der Waals surface area contributed by atoms with Gasteiger partial charge in [0.1, 0.15) is 0 Å². The third kappa shape index (κ3) is 1.33. The van der Waals surface area contributed by atoms with Crippen molar-refractivity contribution in [2.45, 2.75) is 6.42 Å². The summed E-state index contributed by atoms with van der Waals surface area (Å²) in [6.07, 6.45) is 2.77. The predicted octanol–water partition coefficient (Wildman–Crippen LogP) is 0.189. The minimum Gasteiger partial charge on any atom is -0.478 e. The van der Waals surface area contributed by atoms with E-state index in [1.165, 1.54) is 0 Å². The highest BCUT2D eigenvalue weighted by atomic mass is 16.4. The molecule has 66 valence electrons.